The highest BCUT2D eigenvalue weighted by Gasteiger charge is 2.34. The summed E-state index contributed by atoms with van der Waals surface area (Å²) in [5, 5.41) is 8.59. The Kier molecular flexibility index (Phi) is 5.70. The standard InChI is InChI=1S/C24H18ClFN4O2S/c1-14-20(23-28-22(29-32-23)16-4-2-5-17(25)12-16)21(15-7-9-18(26)10-8-15)27-24(33)30(14)13-19-6-3-11-31-19/h2-12,21H,13H2,1H3,(H,27,33). The van der Waals surface area contributed by atoms with Crippen LogP contribution in [0.25, 0.3) is 17.0 Å². The molecular formula is C24H18ClFN4O2S. The molecule has 1 unspecified atom stereocenters. The molecule has 0 spiro atoms. The number of allylic oxidation sites excluding steroid dienone is 1. The summed E-state index contributed by atoms with van der Waals surface area (Å²) in [6.45, 7) is 2.37. The molecule has 0 amide bonds. The molecule has 6 nitrogen and oxygen atoms in total. The van der Waals surface area contributed by atoms with Crippen molar-refractivity contribution in [1.82, 2.24) is 20.4 Å². The number of halogens is 2. The molecule has 4 aromatic rings. The fraction of sp³-hybridized carbons (Fsp3) is 0.125. The van der Waals surface area contributed by atoms with Gasteiger partial charge in [0, 0.05) is 16.3 Å². The second-order valence-electron chi connectivity index (χ2n) is 7.53. The Balaban J connectivity index is 1.60. The topological polar surface area (TPSA) is 67.3 Å². The lowest BCUT2D eigenvalue weighted by Gasteiger charge is -2.37. The summed E-state index contributed by atoms with van der Waals surface area (Å²) in [4.78, 5) is 6.55. The lowest BCUT2D eigenvalue weighted by atomic mass is 9.94. The van der Waals surface area contributed by atoms with Gasteiger partial charge in [0.05, 0.1) is 24.4 Å². The number of furan rings is 1. The van der Waals surface area contributed by atoms with Gasteiger partial charge in [0.2, 0.25) is 5.82 Å². The Morgan fingerprint density at radius 1 is 1.15 bits per heavy atom. The van der Waals surface area contributed by atoms with E-state index in [1.165, 1.54) is 12.1 Å². The zero-order chi connectivity index (χ0) is 22.9. The molecule has 2 aromatic carbocycles. The van der Waals surface area contributed by atoms with Crippen LogP contribution in [0.2, 0.25) is 5.02 Å². The first-order chi connectivity index (χ1) is 16.0. The zero-order valence-corrected chi connectivity index (χ0v) is 19.0. The molecule has 0 bridgehead atoms. The lowest BCUT2D eigenvalue weighted by molar-refractivity contribution is 0.382. The zero-order valence-electron chi connectivity index (χ0n) is 17.5. The van der Waals surface area contributed by atoms with Crippen LogP contribution < -0.4 is 5.32 Å². The summed E-state index contributed by atoms with van der Waals surface area (Å²) in [5.74, 6) is 1.18. The van der Waals surface area contributed by atoms with Gasteiger partial charge in [-0.05, 0) is 61.1 Å². The van der Waals surface area contributed by atoms with E-state index in [2.05, 4.69) is 15.5 Å². The number of nitrogens with one attached hydrogen (secondary N) is 1. The monoisotopic (exact) mass is 480 g/mol. The van der Waals surface area contributed by atoms with Crippen LogP contribution in [-0.2, 0) is 6.54 Å². The van der Waals surface area contributed by atoms with Crippen LogP contribution in [0.1, 0.15) is 30.2 Å². The van der Waals surface area contributed by atoms with Crippen LogP contribution in [0.15, 0.2) is 81.6 Å². The average molecular weight is 481 g/mol. The first-order valence-corrected chi connectivity index (χ1v) is 10.9. The Morgan fingerprint density at radius 3 is 2.70 bits per heavy atom. The van der Waals surface area contributed by atoms with E-state index in [1.54, 1.807) is 30.5 Å². The van der Waals surface area contributed by atoms with Crippen molar-refractivity contribution in [3.63, 3.8) is 0 Å². The predicted octanol–water partition coefficient (Wildman–Crippen LogP) is 5.98. The van der Waals surface area contributed by atoms with Crippen molar-refractivity contribution in [3.05, 3.63) is 101 Å². The molecule has 5 rings (SSSR count). The number of rotatable bonds is 5. The molecule has 0 fully saturated rings. The van der Waals surface area contributed by atoms with Gasteiger partial charge in [-0.25, -0.2) is 4.39 Å². The smallest absolute Gasteiger partial charge is 0.258 e. The molecule has 0 radical (unpaired) electrons. The fourth-order valence-electron chi connectivity index (χ4n) is 3.79. The van der Waals surface area contributed by atoms with Gasteiger partial charge in [-0.15, -0.1) is 0 Å². The third kappa shape index (κ3) is 4.27. The third-order valence-electron chi connectivity index (χ3n) is 5.43. The molecule has 0 saturated heterocycles. The second kappa shape index (κ2) is 8.80. The molecule has 9 heteroatoms. The average Bonchev–Trinajstić information content (AvgIpc) is 3.49. The van der Waals surface area contributed by atoms with Gasteiger partial charge in [0.25, 0.3) is 5.89 Å². The molecule has 1 aliphatic heterocycles. The van der Waals surface area contributed by atoms with Gasteiger partial charge in [0.15, 0.2) is 5.11 Å². The number of thiocarbonyl (C=S) groups is 1. The number of aromatic nitrogens is 2. The molecule has 166 valence electrons. The van der Waals surface area contributed by atoms with Crippen LogP contribution >= 0.6 is 23.8 Å². The van der Waals surface area contributed by atoms with Crippen LogP contribution in [0.4, 0.5) is 4.39 Å². The van der Waals surface area contributed by atoms with Crippen LogP contribution in [0, 0.1) is 5.82 Å². The maximum Gasteiger partial charge on any atom is 0.258 e. The van der Waals surface area contributed by atoms with Crippen LogP contribution in [0.3, 0.4) is 0 Å². The van der Waals surface area contributed by atoms with Crippen molar-refractivity contribution >= 4 is 34.5 Å². The Morgan fingerprint density at radius 2 is 1.97 bits per heavy atom. The molecule has 1 N–H and O–H groups in total. The molecule has 33 heavy (non-hydrogen) atoms. The molecule has 3 heterocycles. The van der Waals surface area contributed by atoms with Gasteiger partial charge < -0.3 is 19.2 Å². The fourth-order valence-corrected chi connectivity index (χ4v) is 4.30. The highest BCUT2D eigenvalue weighted by molar-refractivity contribution is 7.80. The van der Waals surface area contributed by atoms with E-state index in [0.29, 0.717) is 28.4 Å². The maximum atomic E-state index is 13.6. The Hall–Kier alpha value is -3.49. The number of hydrogen-bond acceptors (Lipinski definition) is 5. The van der Waals surface area contributed by atoms with E-state index in [9.17, 15) is 4.39 Å². The van der Waals surface area contributed by atoms with Crippen molar-refractivity contribution in [3.8, 4) is 11.4 Å². The predicted molar refractivity (Wildman–Crippen MR) is 126 cm³/mol. The lowest BCUT2D eigenvalue weighted by Crippen LogP contribution is -2.45. The first kappa shape index (κ1) is 21.4. The normalized spacial score (nSPS) is 16.3. The van der Waals surface area contributed by atoms with Crippen molar-refractivity contribution in [2.45, 2.75) is 19.5 Å². The minimum Gasteiger partial charge on any atom is -0.467 e. The second-order valence-corrected chi connectivity index (χ2v) is 8.36. The molecule has 1 aliphatic rings. The van der Waals surface area contributed by atoms with E-state index >= 15 is 0 Å². The van der Waals surface area contributed by atoms with Crippen LogP contribution in [0.5, 0.6) is 0 Å². The summed E-state index contributed by atoms with van der Waals surface area (Å²) in [5.41, 5.74) is 3.11. The number of hydrogen-bond donors (Lipinski definition) is 1. The highest BCUT2D eigenvalue weighted by Crippen LogP contribution is 2.38. The summed E-state index contributed by atoms with van der Waals surface area (Å²) in [7, 11) is 0. The Bertz CT molecular complexity index is 1330. The van der Waals surface area contributed by atoms with Gasteiger partial charge in [-0.2, -0.15) is 4.98 Å². The molecule has 1 atom stereocenters. The van der Waals surface area contributed by atoms with Crippen molar-refractivity contribution in [2.75, 3.05) is 0 Å². The third-order valence-corrected chi connectivity index (χ3v) is 6.01. The molecule has 0 saturated carbocycles. The number of nitrogens with zero attached hydrogens (tertiary/aromatic N) is 3. The maximum absolute atomic E-state index is 13.6. The van der Waals surface area contributed by atoms with E-state index in [0.717, 1.165) is 28.2 Å². The number of benzene rings is 2. The van der Waals surface area contributed by atoms with E-state index in [4.69, 9.17) is 32.8 Å². The summed E-state index contributed by atoms with van der Waals surface area (Å²) < 4.78 is 24.8. The highest BCUT2D eigenvalue weighted by atomic mass is 35.5. The van der Waals surface area contributed by atoms with Crippen LogP contribution in [-0.4, -0.2) is 20.2 Å². The van der Waals surface area contributed by atoms with Gasteiger partial charge in [-0.1, -0.05) is 41.0 Å². The van der Waals surface area contributed by atoms with E-state index in [1.807, 2.05) is 36.1 Å². The van der Waals surface area contributed by atoms with Crippen molar-refractivity contribution < 1.29 is 13.3 Å². The first-order valence-electron chi connectivity index (χ1n) is 10.2. The molecular weight excluding hydrogens is 463 g/mol. The van der Waals surface area contributed by atoms with Gasteiger partial charge in [0.1, 0.15) is 11.6 Å². The molecule has 2 aromatic heterocycles. The Labute approximate surface area is 199 Å². The SMILES string of the molecule is CC1=C(c2nc(-c3cccc(Cl)c3)no2)C(c2ccc(F)cc2)NC(=S)N1Cc1ccco1. The van der Waals surface area contributed by atoms with Crippen molar-refractivity contribution in [2.24, 2.45) is 0 Å². The summed E-state index contributed by atoms with van der Waals surface area (Å²) >= 11 is 11.8. The van der Waals surface area contributed by atoms with E-state index in [-0.39, 0.29) is 5.82 Å². The largest absolute Gasteiger partial charge is 0.467 e. The summed E-state index contributed by atoms with van der Waals surface area (Å²) in [6.07, 6.45) is 1.62. The minimum absolute atomic E-state index is 0.320. The van der Waals surface area contributed by atoms with E-state index < -0.39 is 6.04 Å². The molecule has 0 aliphatic carbocycles. The van der Waals surface area contributed by atoms with Gasteiger partial charge in [-0.3, -0.25) is 0 Å². The minimum atomic E-state index is -0.404. The quantitative estimate of drug-likeness (QED) is 0.352. The summed E-state index contributed by atoms with van der Waals surface area (Å²) in [6, 6.07) is 16.8. The van der Waals surface area contributed by atoms with Crippen molar-refractivity contribution in [1.29, 1.82) is 0 Å². The van der Waals surface area contributed by atoms with Gasteiger partial charge >= 0.3 is 0 Å².